The van der Waals surface area contributed by atoms with Crippen LogP contribution in [-0.2, 0) is 15.1 Å². The molecule has 2 aromatic carbocycles. The summed E-state index contributed by atoms with van der Waals surface area (Å²) in [5.74, 6) is -1.52. The SMILES string of the molecule is CC(C)(C)C[C@]1(c2ccc(-c3cnn(C(F)F)c3)cc2)N=C(N)N([C@H](COC(=O)NC2(C(F)(F)F)CC2)c2ccc(C#N)c(-c3ncnn3C(F)F)c2)C1=O. The van der Waals surface area contributed by atoms with Crippen LogP contribution in [0.1, 0.15) is 75.9 Å². The normalized spacial score (nSPS) is 18.7. The zero-order valence-corrected chi connectivity index (χ0v) is 29.4. The summed E-state index contributed by atoms with van der Waals surface area (Å²) in [6.07, 6.45) is -3.64. The maximum atomic E-state index is 14.9. The van der Waals surface area contributed by atoms with Gasteiger partial charge in [0, 0.05) is 17.3 Å². The molecular formula is C35H33F7N10O3. The Labute approximate surface area is 308 Å². The number of nitriles is 1. The van der Waals surface area contributed by atoms with Crippen LogP contribution in [0.25, 0.3) is 22.5 Å². The lowest BCUT2D eigenvalue weighted by Gasteiger charge is -2.35. The number of nitrogens with zero attached hydrogens (tertiary/aromatic N) is 8. The lowest BCUT2D eigenvalue weighted by atomic mass is 9.75. The summed E-state index contributed by atoms with van der Waals surface area (Å²) in [4.78, 5) is 37.3. The molecule has 290 valence electrons. The number of aliphatic imine (C=N–C) groups is 1. The molecule has 2 amide bonds. The molecule has 4 aromatic rings. The number of carbonyl (C=O) groups is 2. The molecule has 2 atom stereocenters. The van der Waals surface area contributed by atoms with Gasteiger partial charge >= 0.3 is 25.4 Å². The van der Waals surface area contributed by atoms with Crippen molar-refractivity contribution in [3.05, 3.63) is 77.9 Å². The minimum atomic E-state index is -4.76. The van der Waals surface area contributed by atoms with Crippen LogP contribution in [0.5, 0.6) is 0 Å². The average molecular weight is 775 g/mol. The molecule has 2 aliphatic rings. The van der Waals surface area contributed by atoms with Crippen LogP contribution >= 0.6 is 0 Å². The van der Waals surface area contributed by atoms with Crippen LogP contribution in [0.15, 0.2) is 66.2 Å². The van der Waals surface area contributed by atoms with Crippen LogP contribution in [0.2, 0.25) is 0 Å². The molecule has 0 unspecified atom stereocenters. The lowest BCUT2D eigenvalue weighted by molar-refractivity contribution is -0.164. The van der Waals surface area contributed by atoms with Crippen molar-refractivity contribution < 1.29 is 45.1 Å². The highest BCUT2D eigenvalue weighted by molar-refractivity contribution is 6.07. The molecule has 0 saturated heterocycles. The van der Waals surface area contributed by atoms with Crippen molar-refractivity contribution >= 4 is 18.0 Å². The van der Waals surface area contributed by atoms with E-state index in [9.17, 15) is 45.6 Å². The quantitative estimate of drug-likeness (QED) is 0.157. The van der Waals surface area contributed by atoms with Crippen molar-refractivity contribution in [2.45, 2.75) is 76.4 Å². The molecule has 1 aliphatic heterocycles. The third kappa shape index (κ3) is 7.42. The largest absolute Gasteiger partial charge is 0.447 e. The molecule has 13 nitrogen and oxygen atoms in total. The Kier molecular flexibility index (Phi) is 9.86. The van der Waals surface area contributed by atoms with Gasteiger partial charge in [-0.1, -0.05) is 51.1 Å². The highest BCUT2D eigenvalue weighted by Crippen LogP contribution is 2.49. The first-order chi connectivity index (χ1) is 25.8. The molecule has 20 heteroatoms. The third-order valence-corrected chi connectivity index (χ3v) is 9.27. The molecule has 3 heterocycles. The number of nitrogens with one attached hydrogen (secondary N) is 1. The first-order valence-corrected chi connectivity index (χ1v) is 16.7. The predicted octanol–water partition coefficient (Wildman–Crippen LogP) is 6.82. The van der Waals surface area contributed by atoms with Crippen LogP contribution < -0.4 is 11.1 Å². The number of alkyl halides is 7. The van der Waals surface area contributed by atoms with E-state index in [2.05, 4.69) is 20.2 Å². The predicted molar refractivity (Wildman–Crippen MR) is 180 cm³/mol. The van der Waals surface area contributed by atoms with Gasteiger partial charge in [-0.2, -0.15) is 50.9 Å². The topological polar surface area (TPSA) is 169 Å². The van der Waals surface area contributed by atoms with E-state index in [4.69, 9.17) is 10.5 Å². The fraction of sp³-hybridized carbons (Fsp3) is 0.400. The summed E-state index contributed by atoms with van der Waals surface area (Å²) in [5.41, 5.74) is 2.71. The average Bonchev–Trinajstić information content (AvgIpc) is 3.42. The molecule has 2 aromatic heterocycles. The van der Waals surface area contributed by atoms with Gasteiger partial charge in [-0.05, 0) is 53.5 Å². The summed E-state index contributed by atoms with van der Waals surface area (Å²) < 4.78 is 101. The summed E-state index contributed by atoms with van der Waals surface area (Å²) in [6.45, 7) is -1.29. The maximum absolute atomic E-state index is 14.9. The minimum Gasteiger partial charge on any atom is -0.447 e. The Bertz CT molecular complexity index is 2170. The van der Waals surface area contributed by atoms with E-state index in [1.807, 2.05) is 32.2 Å². The zero-order valence-electron chi connectivity index (χ0n) is 29.4. The van der Waals surface area contributed by atoms with Gasteiger partial charge in [-0.3, -0.25) is 9.69 Å². The van der Waals surface area contributed by atoms with Crippen LogP contribution in [0, 0.1) is 16.7 Å². The molecule has 1 fully saturated rings. The highest BCUT2D eigenvalue weighted by atomic mass is 19.4. The van der Waals surface area contributed by atoms with Gasteiger partial charge in [0.05, 0.1) is 23.9 Å². The van der Waals surface area contributed by atoms with E-state index >= 15 is 0 Å². The van der Waals surface area contributed by atoms with Crippen molar-refractivity contribution in [3.63, 3.8) is 0 Å². The molecule has 0 bridgehead atoms. The number of amides is 2. The Morgan fingerprint density at radius 3 is 2.29 bits per heavy atom. The third-order valence-electron chi connectivity index (χ3n) is 9.27. The van der Waals surface area contributed by atoms with Gasteiger partial charge in [-0.25, -0.2) is 19.5 Å². The monoisotopic (exact) mass is 774 g/mol. The molecule has 0 radical (unpaired) electrons. The summed E-state index contributed by atoms with van der Waals surface area (Å²) in [7, 11) is 0. The Morgan fingerprint density at radius 2 is 1.73 bits per heavy atom. The number of hydrogen-bond donors (Lipinski definition) is 2. The van der Waals surface area contributed by atoms with E-state index in [1.165, 1.54) is 24.4 Å². The first-order valence-electron chi connectivity index (χ1n) is 16.7. The smallest absolute Gasteiger partial charge is 0.411 e. The Hall–Kier alpha value is -6.00. The van der Waals surface area contributed by atoms with Crippen molar-refractivity contribution in [3.8, 4) is 28.6 Å². The second-order valence-electron chi connectivity index (χ2n) is 14.3. The number of carbonyl (C=O) groups excluding carboxylic acids is 2. The van der Waals surface area contributed by atoms with Crippen molar-refractivity contribution in [2.75, 3.05) is 6.61 Å². The van der Waals surface area contributed by atoms with Crippen LogP contribution in [-0.4, -0.2) is 65.7 Å². The second-order valence-corrected chi connectivity index (χ2v) is 14.3. The van der Waals surface area contributed by atoms with Crippen LogP contribution in [0.4, 0.5) is 35.5 Å². The second kappa shape index (κ2) is 14.0. The number of benzene rings is 2. The van der Waals surface area contributed by atoms with E-state index in [0.29, 0.717) is 21.4 Å². The lowest BCUT2D eigenvalue weighted by Crippen LogP contribution is -2.50. The van der Waals surface area contributed by atoms with Crippen molar-refractivity contribution in [1.29, 1.82) is 5.26 Å². The van der Waals surface area contributed by atoms with Gasteiger partial charge in [0.2, 0.25) is 0 Å². The maximum Gasteiger partial charge on any atom is 0.411 e. The summed E-state index contributed by atoms with van der Waals surface area (Å²) in [6, 6.07) is 10.6. The number of alkyl carbamates (subject to hydrolysis) is 1. The van der Waals surface area contributed by atoms with Gasteiger partial charge in [-0.15, -0.1) is 0 Å². The van der Waals surface area contributed by atoms with E-state index in [-0.39, 0.29) is 46.6 Å². The Balaban J connectivity index is 1.42. The van der Waals surface area contributed by atoms with Gasteiger partial charge < -0.3 is 15.8 Å². The fourth-order valence-electron chi connectivity index (χ4n) is 6.55. The molecule has 1 aliphatic carbocycles. The molecule has 6 rings (SSSR count). The molecule has 55 heavy (non-hydrogen) atoms. The van der Waals surface area contributed by atoms with Crippen molar-refractivity contribution in [1.82, 2.24) is 34.8 Å². The molecular weight excluding hydrogens is 741 g/mol. The van der Waals surface area contributed by atoms with E-state index < -0.39 is 66.2 Å². The molecule has 1 saturated carbocycles. The van der Waals surface area contributed by atoms with Gasteiger partial charge in [0.15, 0.2) is 17.3 Å². The Morgan fingerprint density at radius 1 is 1.04 bits per heavy atom. The van der Waals surface area contributed by atoms with Gasteiger partial charge in [0.25, 0.3) is 5.91 Å². The standard InChI is InChI=1S/C35H33F7N10O3/c1-32(2,3)17-34(23-8-6-19(7-9-23)22-14-46-50(15-22)28(36)37)27(53)51(30(44)48-34)25(16-55-31(54)49-33(10-11-33)35(40,41)42)20-4-5-21(13-43)24(12-20)26-45-18-47-52(26)29(38)39/h4-9,12,14-15,18,25,28-29H,10-11,16-17H2,1-3H3,(H2,44,48)(H,49,54)/t25-,34-/m1/s1. The van der Waals surface area contributed by atoms with Crippen molar-refractivity contribution in [2.24, 2.45) is 16.1 Å². The zero-order chi connectivity index (χ0) is 40.1. The number of guanidine groups is 1. The summed E-state index contributed by atoms with van der Waals surface area (Å²) in [5, 5.41) is 18.9. The van der Waals surface area contributed by atoms with Gasteiger partial charge in [0.1, 0.15) is 18.5 Å². The first kappa shape index (κ1) is 38.7. The number of hydrogen-bond acceptors (Lipinski definition) is 9. The number of nitrogens with two attached hydrogens (primary N) is 1. The number of aromatic nitrogens is 5. The van der Waals surface area contributed by atoms with E-state index in [1.54, 1.807) is 24.3 Å². The van der Waals surface area contributed by atoms with Crippen LogP contribution in [0.3, 0.4) is 0 Å². The number of ether oxygens (including phenoxy) is 1. The summed E-state index contributed by atoms with van der Waals surface area (Å²) >= 11 is 0. The minimum absolute atomic E-state index is 0.0526. The molecule has 3 N–H and O–H groups in total. The van der Waals surface area contributed by atoms with E-state index in [0.717, 1.165) is 17.4 Å². The fourth-order valence-corrected chi connectivity index (χ4v) is 6.55. The number of rotatable bonds is 11. The highest BCUT2D eigenvalue weighted by Gasteiger charge is 2.64. The number of halogens is 7. The molecule has 0 spiro atoms.